The summed E-state index contributed by atoms with van der Waals surface area (Å²) in [6, 6.07) is 0. The fourth-order valence-corrected chi connectivity index (χ4v) is 0.293. The Labute approximate surface area is 53.4 Å². The summed E-state index contributed by atoms with van der Waals surface area (Å²) in [5.41, 5.74) is 0. The molecule has 0 rings (SSSR count). The lowest BCUT2D eigenvalue weighted by Crippen LogP contribution is -2.22. The van der Waals surface area contributed by atoms with Gasteiger partial charge < -0.3 is 4.74 Å². The average molecular weight is 128 g/mol. The Bertz CT molecular complexity index is 127. The third-order valence-corrected chi connectivity index (χ3v) is 0.633. The molecule has 0 saturated carbocycles. The first kappa shape index (κ1) is 7.92. The van der Waals surface area contributed by atoms with Crippen molar-refractivity contribution in [3.8, 4) is 6.19 Å². The Morgan fingerprint density at radius 3 is 3.00 bits per heavy atom. The molecule has 0 fully saturated rings. The molecule has 1 N–H and O–H groups in total. The molecular weight excluding hydrogens is 120 g/mol. The van der Waals surface area contributed by atoms with Gasteiger partial charge in [-0.15, -0.1) is 0 Å². The van der Waals surface area contributed by atoms with Crippen LogP contribution in [0.3, 0.4) is 0 Å². The number of carbonyl (C=O) groups is 1. The lowest BCUT2D eigenvalue weighted by atomic mass is 10.6. The predicted octanol–water partition coefficient (Wildman–Crippen LogP) is -0.380. The fraction of sp³-hybridized carbons (Fsp3) is 0.600. The van der Waals surface area contributed by atoms with Crippen LogP contribution in [0.1, 0.15) is 6.92 Å². The first-order valence-electron chi connectivity index (χ1n) is 2.57. The SMILES string of the molecule is CCOCC(=O)NC#N. The number of hydrogen-bond acceptors (Lipinski definition) is 3. The maximum Gasteiger partial charge on any atom is 0.258 e. The zero-order valence-electron chi connectivity index (χ0n) is 5.18. The average Bonchev–Trinajstić information content (AvgIpc) is 1.85. The van der Waals surface area contributed by atoms with Crippen LogP contribution >= 0.6 is 0 Å². The van der Waals surface area contributed by atoms with Crippen molar-refractivity contribution in [3.63, 3.8) is 0 Å². The molecule has 0 bridgehead atoms. The van der Waals surface area contributed by atoms with Crippen LogP contribution in [0.2, 0.25) is 0 Å². The number of hydrogen-bond donors (Lipinski definition) is 1. The smallest absolute Gasteiger partial charge is 0.258 e. The number of amides is 1. The number of ether oxygens (including phenoxy) is 1. The molecule has 0 aliphatic heterocycles. The molecule has 0 saturated heterocycles. The number of rotatable bonds is 3. The number of nitrogens with zero attached hydrogens (tertiary/aromatic N) is 1. The van der Waals surface area contributed by atoms with Gasteiger partial charge in [-0.3, -0.25) is 10.1 Å². The van der Waals surface area contributed by atoms with Gasteiger partial charge in [0, 0.05) is 6.61 Å². The number of carbonyl (C=O) groups excluding carboxylic acids is 1. The zero-order valence-corrected chi connectivity index (χ0v) is 5.18. The second-order valence-electron chi connectivity index (χ2n) is 1.30. The van der Waals surface area contributed by atoms with Crippen molar-refractivity contribution in [1.82, 2.24) is 5.32 Å². The highest BCUT2D eigenvalue weighted by molar-refractivity contribution is 5.78. The van der Waals surface area contributed by atoms with Crippen LogP contribution in [0.5, 0.6) is 0 Å². The van der Waals surface area contributed by atoms with E-state index in [2.05, 4.69) is 4.74 Å². The standard InChI is InChI=1S/C5H8N2O2/c1-2-9-3-5(8)7-4-6/h2-3H2,1H3,(H,7,8). The van der Waals surface area contributed by atoms with Crippen molar-refractivity contribution in [1.29, 1.82) is 5.26 Å². The van der Waals surface area contributed by atoms with Crippen LogP contribution in [0, 0.1) is 11.5 Å². The molecule has 0 radical (unpaired) electrons. The summed E-state index contributed by atoms with van der Waals surface area (Å²) in [6.07, 6.45) is 1.50. The lowest BCUT2D eigenvalue weighted by Gasteiger charge is -1.95. The van der Waals surface area contributed by atoms with Crippen molar-refractivity contribution in [2.24, 2.45) is 0 Å². The summed E-state index contributed by atoms with van der Waals surface area (Å²) in [7, 11) is 0. The molecule has 0 aliphatic rings. The molecular formula is C5H8N2O2. The van der Waals surface area contributed by atoms with Gasteiger partial charge in [0.05, 0.1) is 0 Å². The van der Waals surface area contributed by atoms with Crippen molar-refractivity contribution in [2.45, 2.75) is 6.92 Å². The van der Waals surface area contributed by atoms with E-state index in [9.17, 15) is 4.79 Å². The van der Waals surface area contributed by atoms with Gasteiger partial charge in [0.15, 0.2) is 6.19 Å². The van der Waals surface area contributed by atoms with Gasteiger partial charge in [-0.25, -0.2) is 0 Å². The molecule has 0 aromatic carbocycles. The topological polar surface area (TPSA) is 62.1 Å². The summed E-state index contributed by atoms with van der Waals surface area (Å²) in [6.45, 7) is 2.22. The van der Waals surface area contributed by atoms with E-state index in [0.29, 0.717) is 6.61 Å². The molecule has 1 amide bonds. The maximum atomic E-state index is 10.3. The monoisotopic (exact) mass is 128 g/mol. The van der Waals surface area contributed by atoms with Gasteiger partial charge in [0.2, 0.25) is 0 Å². The van der Waals surface area contributed by atoms with Gasteiger partial charge in [-0.1, -0.05) is 0 Å². The third-order valence-electron chi connectivity index (χ3n) is 0.633. The minimum Gasteiger partial charge on any atom is -0.372 e. The number of nitriles is 1. The van der Waals surface area contributed by atoms with Crippen molar-refractivity contribution in [3.05, 3.63) is 0 Å². The molecule has 9 heavy (non-hydrogen) atoms. The molecule has 0 aliphatic carbocycles. The normalized spacial score (nSPS) is 8.00. The van der Waals surface area contributed by atoms with Crippen molar-refractivity contribution < 1.29 is 9.53 Å². The van der Waals surface area contributed by atoms with Crippen LogP contribution in [0.15, 0.2) is 0 Å². The zero-order chi connectivity index (χ0) is 7.11. The van der Waals surface area contributed by atoms with Gasteiger partial charge in [0.25, 0.3) is 5.91 Å². The minimum absolute atomic E-state index is 0.0376. The Balaban J connectivity index is 3.19. The van der Waals surface area contributed by atoms with Crippen LogP contribution in [-0.4, -0.2) is 19.1 Å². The molecule has 0 aromatic heterocycles. The molecule has 0 spiro atoms. The van der Waals surface area contributed by atoms with E-state index < -0.39 is 5.91 Å². The first-order valence-corrected chi connectivity index (χ1v) is 2.57. The summed E-state index contributed by atoms with van der Waals surface area (Å²) in [4.78, 5) is 10.3. The van der Waals surface area contributed by atoms with E-state index in [1.807, 2.05) is 5.32 Å². The molecule has 0 aromatic rings. The molecule has 4 heteroatoms. The van der Waals surface area contributed by atoms with E-state index in [0.717, 1.165) is 0 Å². The van der Waals surface area contributed by atoms with Gasteiger partial charge in [0.1, 0.15) is 6.61 Å². The Kier molecular flexibility index (Phi) is 4.46. The van der Waals surface area contributed by atoms with Gasteiger partial charge >= 0.3 is 0 Å². The molecule has 0 heterocycles. The Morgan fingerprint density at radius 1 is 1.89 bits per heavy atom. The van der Waals surface area contributed by atoms with Crippen molar-refractivity contribution in [2.75, 3.05) is 13.2 Å². The number of nitrogens with one attached hydrogen (secondary N) is 1. The largest absolute Gasteiger partial charge is 0.372 e. The summed E-state index contributed by atoms with van der Waals surface area (Å²) in [5, 5.41) is 9.82. The van der Waals surface area contributed by atoms with E-state index in [-0.39, 0.29) is 6.61 Å². The van der Waals surface area contributed by atoms with E-state index >= 15 is 0 Å². The van der Waals surface area contributed by atoms with E-state index in [1.165, 1.54) is 6.19 Å². The predicted molar refractivity (Wildman–Crippen MR) is 30.2 cm³/mol. The molecule has 4 nitrogen and oxygen atoms in total. The van der Waals surface area contributed by atoms with E-state index in [1.54, 1.807) is 6.92 Å². The van der Waals surface area contributed by atoms with Crippen molar-refractivity contribution >= 4 is 5.91 Å². The molecule has 50 valence electrons. The van der Waals surface area contributed by atoms with Crippen LogP contribution in [0.4, 0.5) is 0 Å². The van der Waals surface area contributed by atoms with Crippen LogP contribution in [-0.2, 0) is 9.53 Å². The highest BCUT2D eigenvalue weighted by Gasteiger charge is 1.95. The summed E-state index contributed by atoms with van der Waals surface area (Å²) >= 11 is 0. The summed E-state index contributed by atoms with van der Waals surface area (Å²) in [5.74, 6) is -0.403. The van der Waals surface area contributed by atoms with Crippen LogP contribution < -0.4 is 5.32 Å². The first-order chi connectivity index (χ1) is 4.31. The maximum absolute atomic E-state index is 10.3. The Hall–Kier alpha value is -1.08. The van der Waals surface area contributed by atoms with Gasteiger partial charge in [-0.2, -0.15) is 5.26 Å². The summed E-state index contributed by atoms with van der Waals surface area (Å²) < 4.78 is 4.68. The van der Waals surface area contributed by atoms with Crippen LogP contribution in [0.25, 0.3) is 0 Å². The second kappa shape index (κ2) is 5.06. The molecule has 0 unspecified atom stereocenters. The second-order valence-corrected chi connectivity index (χ2v) is 1.30. The third kappa shape index (κ3) is 4.78. The highest BCUT2D eigenvalue weighted by atomic mass is 16.5. The minimum atomic E-state index is -0.403. The van der Waals surface area contributed by atoms with Gasteiger partial charge in [-0.05, 0) is 6.92 Å². The lowest BCUT2D eigenvalue weighted by molar-refractivity contribution is -0.124. The fourth-order valence-electron chi connectivity index (χ4n) is 0.293. The Morgan fingerprint density at radius 2 is 2.56 bits per heavy atom. The van der Waals surface area contributed by atoms with E-state index in [4.69, 9.17) is 5.26 Å². The quantitative estimate of drug-likeness (QED) is 0.416. The highest BCUT2D eigenvalue weighted by Crippen LogP contribution is 1.71. The molecule has 0 atom stereocenters.